The van der Waals surface area contributed by atoms with Gasteiger partial charge in [-0.15, -0.1) is 11.3 Å². The highest BCUT2D eigenvalue weighted by atomic mass is 32.1. The van der Waals surface area contributed by atoms with Crippen LogP contribution in [0.2, 0.25) is 0 Å². The summed E-state index contributed by atoms with van der Waals surface area (Å²) in [5.74, 6) is 1.29. The van der Waals surface area contributed by atoms with Gasteiger partial charge >= 0.3 is 0 Å². The third-order valence-corrected chi connectivity index (χ3v) is 5.82. The Morgan fingerprint density at radius 2 is 2.00 bits per heavy atom. The standard InChI is InChI=1S/C16H23N3OS/c20-15(17-13-3-4-13)11-5-7-19(8-6-11)9-14-10-21-16(18-14)12-1-2-12/h10-13H,1-9H2,(H,17,20). The lowest BCUT2D eigenvalue weighted by atomic mass is 9.96. The van der Waals surface area contributed by atoms with Gasteiger partial charge in [-0.2, -0.15) is 0 Å². The molecule has 1 amide bonds. The number of likely N-dealkylation sites (tertiary alicyclic amines) is 1. The fraction of sp³-hybridized carbons (Fsp3) is 0.750. The molecule has 4 nitrogen and oxygen atoms in total. The highest BCUT2D eigenvalue weighted by molar-refractivity contribution is 7.09. The Balaban J connectivity index is 1.25. The van der Waals surface area contributed by atoms with Crippen LogP contribution in [0.4, 0.5) is 0 Å². The summed E-state index contributed by atoms with van der Waals surface area (Å²) in [4.78, 5) is 19.3. The molecule has 0 atom stereocenters. The van der Waals surface area contributed by atoms with Gasteiger partial charge in [0, 0.05) is 29.8 Å². The molecule has 1 aliphatic heterocycles. The smallest absolute Gasteiger partial charge is 0.223 e. The Labute approximate surface area is 129 Å². The zero-order valence-corrected chi connectivity index (χ0v) is 13.2. The third-order valence-electron chi connectivity index (χ3n) is 4.76. The van der Waals surface area contributed by atoms with Crippen LogP contribution in [0.25, 0.3) is 0 Å². The zero-order chi connectivity index (χ0) is 14.2. The molecule has 0 spiro atoms. The number of hydrogen-bond donors (Lipinski definition) is 1. The molecule has 21 heavy (non-hydrogen) atoms. The maximum Gasteiger partial charge on any atom is 0.223 e. The van der Waals surface area contributed by atoms with Gasteiger partial charge in [-0.05, 0) is 51.6 Å². The van der Waals surface area contributed by atoms with Crippen molar-refractivity contribution < 1.29 is 4.79 Å². The zero-order valence-electron chi connectivity index (χ0n) is 12.4. The molecule has 114 valence electrons. The van der Waals surface area contributed by atoms with Gasteiger partial charge in [0.15, 0.2) is 0 Å². The number of piperidine rings is 1. The van der Waals surface area contributed by atoms with E-state index in [-0.39, 0.29) is 5.92 Å². The molecule has 1 saturated heterocycles. The van der Waals surface area contributed by atoms with Crippen LogP contribution < -0.4 is 5.32 Å². The number of hydrogen-bond acceptors (Lipinski definition) is 4. The first-order valence-corrected chi connectivity index (χ1v) is 9.13. The van der Waals surface area contributed by atoms with Crippen LogP contribution in [0.1, 0.15) is 55.1 Å². The summed E-state index contributed by atoms with van der Waals surface area (Å²) in [5.41, 5.74) is 1.22. The maximum atomic E-state index is 12.1. The fourth-order valence-electron chi connectivity index (χ4n) is 3.04. The summed E-state index contributed by atoms with van der Waals surface area (Å²) in [7, 11) is 0. The number of thiazole rings is 1. The molecule has 0 bridgehead atoms. The molecule has 2 saturated carbocycles. The van der Waals surface area contributed by atoms with Crippen LogP contribution in [0.3, 0.4) is 0 Å². The number of carbonyl (C=O) groups excluding carboxylic acids is 1. The molecule has 0 unspecified atom stereocenters. The van der Waals surface area contributed by atoms with E-state index < -0.39 is 0 Å². The molecule has 1 aromatic heterocycles. The third kappa shape index (κ3) is 3.46. The van der Waals surface area contributed by atoms with Gasteiger partial charge < -0.3 is 5.32 Å². The second-order valence-electron chi connectivity index (χ2n) is 6.78. The van der Waals surface area contributed by atoms with E-state index >= 15 is 0 Å². The predicted octanol–water partition coefficient (Wildman–Crippen LogP) is 2.51. The number of rotatable bonds is 5. The van der Waals surface area contributed by atoms with Crippen molar-refractivity contribution in [1.82, 2.24) is 15.2 Å². The molecule has 0 radical (unpaired) electrons. The summed E-state index contributed by atoms with van der Waals surface area (Å²) in [6.07, 6.45) is 7.01. The van der Waals surface area contributed by atoms with Crippen molar-refractivity contribution in [3.05, 3.63) is 16.1 Å². The molecule has 1 aromatic rings. The summed E-state index contributed by atoms with van der Waals surface area (Å²) < 4.78 is 0. The van der Waals surface area contributed by atoms with Gasteiger partial charge in [0.25, 0.3) is 0 Å². The molecular formula is C16H23N3OS. The Kier molecular flexibility index (Phi) is 3.71. The van der Waals surface area contributed by atoms with E-state index in [2.05, 4.69) is 15.6 Å². The van der Waals surface area contributed by atoms with Crippen molar-refractivity contribution in [3.63, 3.8) is 0 Å². The molecule has 4 rings (SSSR count). The summed E-state index contributed by atoms with van der Waals surface area (Å²) in [6, 6.07) is 0.492. The molecular weight excluding hydrogens is 282 g/mol. The number of carbonyl (C=O) groups is 1. The van der Waals surface area contributed by atoms with E-state index in [1.165, 1.54) is 36.4 Å². The van der Waals surface area contributed by atoms with Crippen molar-refractivity contribution in [1.29, 1.82) is 0 Å². The average molecular weight is 305 g/mol. The number of aromatic nitrogens is 1. The molecule has 5 heteroatoms. The molecule has 2 heterocycles. The van der Waals surface area contributed by atoms with Crippen molar-refractivity contribution in [2.24, 2.45) is 5.92 Å². The van der Waals surface area contributed by atoms with Gasteiger partial charge in [0.05, 0.1) is 10.7 Å². The average Bonchev–Trinajstić information content (AvgIpc) is 3.41. The van der Waals surface area contributed by atoms with Crippen molar-refractivity contribution in [3.8, 4) is 0 Å². The summed E-state index contributed by atoms with van der Waals surface area (Å²) >= 11 is 1.83. The SMILES string of the molecule is O=C(NC1CC1)C1CCN(Cc2csc(C3CC3)n2)CC1. The van der Waals surface area contributed by atoms with Crippen LogP contribution in [0, 0.1) is 5.92 Å². The molecule has 3 fully saturated rings. The Bertz CT molecular complexity index is 513. The van der Waals surface area contributed by atoms with Gasteiger partial charge in [-0.3, -0.25) is 9.69 Å². The van der Waals surface area contributed by atoms with Crippen molar-refractivity contribution >= 4 is 17.2 Å². The largest absolute Gasteiger partial charge is 0.353 e. The van der Waals surface area contributed by atoms with Crippen LogP contribution >= 0.6 is 11.3 Å². The lowest BCUT2D eigenvalue weighted by Gasteiger charge is -2.30. The van der Waals surface area contributed by atoms with E-state index in [0.717, 1.165) is 38.4 Å². The lowest BCUT2D eigenvalue weighted by molar-refractivity contribution is -0.126. The van der Waals surface area contributed by atoms with Crippen molar-refractivity contribution in [2.75, 3.05) is 13.1 Å². The van der Waals surface area contributed by atoms with Crippen LogP contribution in [0.5, 0.6) is 0 Å². The van der Waals surface area contributed by atoms with E-state index in [1.807, 2.05) is 11.3 Å². The Morgan fingerprint density at radius 1 is 1.24 bits per heavy atom. The minimum Gasteiger partial charge on any atom is -0.353 e. The quantitative estimate of drug-likeness (QED) is 0.909. The lowest BCUT2D eigenvalue weighted by Crippen LogP contribution is -2.40. The van der Waals surface area contributed by atoms with Gasteiger partial charge in [0.1, 0.15) is 0 Å². The predicted molar refractivity (Wildman–Crippen MR) is 83.3 cm³/mol. The first-order chi connectivity index (χ1) is 10.3. The van der Waals surface area contributed by atoms with E-state index in [9.17, 15) is 4.79 Å². The topological polar surface area (TPSA) is 45.2 Å². The van der Waals surface area contributed by atoms with E-state index in [0.29, 0.717) is 11.9 Å². The highest BCUT2D eigenvalue weighted by Gasteiger charge is 2.30. The first kappa shape index (κ1) is 13.7. The van der Waals surface area contributed by atoms with E-state index in [1.54, 1.807) is 0 Å². The normalized spacial score (nSPS) is 24.2. The second kappa shape index (κ2) is 5.69. The highest BCUT2D eigenvalue weighted by Crippen LogP contribution is 2.41. The summed E-state index contributed by atoms with van der Waals surface area (Å²) in [5, 5.41) is 6.70. The van der Waals surface area contributed by atoms with Gasteiger partial charge in [-0.1, -0.05) is 0 Å². The molecule has 2 aliphatic carbocycles. The van der Waals surface area contributed by atoms with E-state index in [4.69, 9.17) is 4.98 Å². The Hall–Kier alpha value is -0.940. The van der Waals surface area contributed by atoms with Crippen molar-refractivity contribution in [2.45, 2.75) is 57.0 Å². The fourth-order valence-corrected chi connectivity index (χ4v) is 4.02. The van der Waals surface area contributed by atoms with Gasteiger partial charge in [-0.25, -0.2) is 4.98 Å². The monoisotopic (exact) mass is 305 g/mol. The maximum absolute atomic E-state index is 12.1. The minimum absolute atomic E-state index is 0.235. The van der Waals surface area contributed by atoms with Crippen LogP contribution in [-0.4, -0.2) is 34.9 Å². The molecule has 3 aliphatic rings. The minimum atomic E-state index is 0.235. The second-order valence-corrected chi connectivity index (χ2v) is 7.67. The molecule has 0 aromatic carbocycles. The number of nitrogens with one attached hydrogen (secondary N) is 1. The summed E-state index contributed by atoms with van der Waals surface area (Å²) in [6.45, 7) is 3.01. The number of amides is 1. The molecule has 1 N–H and O–H groups in total. The number of nitrogens with zero attached hydrogens (tertiary/aromatic N) is 2. The Morgan fingerprint density at radius 3 is 2.67 bits per heavy atom. The van der Waals surface area contributed by atoms with Crippen LogP contribution in [0.15, 0.2) is 5.38 Å². The first-order valence-electron chi connectivity index (χ1n) is 8.25. The van der Waals surface area contributed by atoms with Crippen LogP contribution in [-0.2, 0) is 11.3 Å². The van der Waals surface area contributed by atoms with Gasteiger partial charge in [0.2, 0.25) is 5.91 Å².